The molecule has 1 unspecified atom stereocenters. The molecule has 1 heteroatoms. The molecule has 0 heterocycles. The van der Waals surface area contributed by atoms with Crippen molar-refractivity contribution < 1.29 is 0 Å². The molecule has 1 nitrogen and oxygen atoms in total. The van der Waals surface area contributed by atoms with E-state index in [-0.39, 0.29) is 6.04 Å². The summed E-state index contributed by atoms with van der Waals surface area (Å²) in [6.45, 7) is 10.2. The normalized spacial score (nSPS) is 16.9. The maximum Gasteiger partial charge on any atom is 0.00733 e. The van der Waals surface area contributed by atoms with Crippen LogP contribution in [0.1, 0.15) is 27.2 Å². The van der Waals surface area contributed by atoms with E-state index >= 15 is 0 Å². The zero-order valence-corrected chi connectivity index (χ0v) is 6.65. The van der Waals surface area contributed by atoms with Gasteiger partial charge in [-0.15, -0.1) is 0 Å². The van der Waals surface area contributed by atoms with Crippen LogP contribution in [0.4, 0.5) is 0 Å². The lowest BCUT2D eigenvalue weighted by molar-refractivity contribution is 0.542. The predicted molar refractivity (Wildman–Crippen MR) is 42.2 cm³/mol. The first-order chi connectivity index (χ1) is 4.09. The highest BCUT2D eigenvalue weighted by Crippen LogP contribution is 2.13. The van der Waals surface area contributed by atoms with Crippen molar-refractivity contribution in [3.63, 3.8) is 0 Å². The Morgan fingerprint density at radius 3 is 2.11 bits per heavy atom. The van der Waals surface area contributed by atoms with Gasteiger partial charge in [0.2, 0.25) is 0 Å². The average molecular weight is 127 g/mol. The van der Waals surface area contributed by atoms with Crippen molar-refractivity contribution in [2.75, 3.05) is 0 Å². The van der Waals surface area contributed by atoms with Gasteiger partial charge in [-0.1, -0.05) is 26.0 Å². The minimum atomic E-state index is 0.248. The second-order valence-electron chi connectivity index (χ2n) is 2.66. The first kappa shape index (κ1) is 8.70. The molecule has 0 radical (unpaired) electrons. The summed E-state index contributed by atoms with van der Waals surface area (Å²) in [6.07, 6.45) is 1.04. The van der Waals surface area contributed by atoms with Crippen LogP contribution in [0.5, 0.6) is 0 Å². The standard InChI is InChI=1S/C8H17N/c1-5-6(2)7(3)8(4)9/h7-8H,2,5,9H2,1,3-4H3/t7-,8?/m1/s1. The minimum Gasteiger partial charge on any atom is -0.327 e. The SMILES string of the molecule is C=C(CC)[C@@H](C)C(C)N. The summed E-state index contributed by atoms with van der Waals surface area (Å²) in [5.41, 5.74) is 6.91. The second-order valence-corrected chi connectivity index (χ2v) is 2.66. The van der Waals surface area contributed by atoms with Gasteiger partial charge in [-0.25, -0.2) is 0 Å². The van der Waals surface area contributed by atoms with Gasteiger partial charge < -0.3 is 5.73 Å². The summed E-state index contributed by atoms with van der Waals surface area (Å²) < 4.78 is 0. The Balaban J connectivity index is 3.72. The molecule has 0 bridgehead atoms. The number of hydrogen-bond acceptors (Lipinski definition) is 1. The fraction of sp³-hybridized carbons (Fsp3) is 0.750. The molecule has 0 aromatic heterocycles. The molecule has 0 saturated carbocycles. The van der Waals surface area contributed by atoms with Gasteiger partial charge in [0, 0.05) is 6.04 Å². The summed E-state index contributed by atoms with van der Waals surface area (Å²) in [6, 6.07) is 0.248. The first-order valence-corrected chi connectivity index (χ1v) is 3.52. The van der Waals surface area contributed by atoms with E-state index in [1.807, 2.05) is 6.92 Å². The molecule has 0 aromatic carbocycles. The molecule has 9 heavy (non-hydrogen) atoms. The zero-order valence-electron chi connectivity index (χ0n) is 6.65. The van der Waals surface area contributed by atoms with E-state index in [4.69, 9.17) is 5.73 Å². The highest BCUT2D eigenvalue weighted by Gasteiger charge is 2.08. The molecule has 2 N–H and O–H groups in total. The molecule has 0 spiro atoms. The molecule has 0 fully saturated rings. The third-order valence-corrected chi connectivity index (χ3v) is 1.89. The molecule has 0 aliphatic carbocycles. The topological polar surface area (TPSA) is 26.0 Å². The lowest BCUT2D eigenvalue weighted by atomic mass is 9.94. The third kappa shape index (κ3) is 2.66. The minimum absolute atomic E-state index is 0.248. The van der Waals surface area contributed by atoms with Crippen molar-refractivity contribution in [3.8, 4) is 0 Å². The van der Waals surface area contributed by atoms with Gasteiger partial charge in [0.1, 0.15) is 0 Å². The van der Waals surface area contributed by atoms with E-state index in [1.165, 1.54) is 5.57 Å². The first-order valence-electron chi connectivity index (χ1n) is 3.52. The number of nitrogens with two attached hydrogens (primary N) is 1. The molecule has 54 valence electrons. The fourth-order valence-electron chi connectivity index (χ4n) is 0.694. The Morgan fingerprint density at radius 2 is 2.00 bits per heavy atom. The molecule has 0 aliphatic heterocycles. The zero-order chi connectivity index (χ0) is 7.44. The summed E-state index contributed by atoms with van der Waals surface area (Å²) >= 11 is 0. The van der Waals surface area contributed by atoms with Crippen LogP contribution in [0.3, 0.4) is 0 Å². The lowest BCUT2D eigenvalue weighted by Gasteiger charge is -2.16. The van der Waals surface area contributed by atoms with Crippen LogP contribution in [-0.4, -0.2) is 6.04 Å². The van der Waals surface area contributed by atoms with Crippen LogP contribution < -0.4 is 5.73 Å². The molecular formula is C8H17N. The molecule has 0 aliphatic rings. The van der Waals surface area contributed by atoms with Crippen molar-refractivity contribution in [2.45, 2.75) is 33.2 Å². The summed E-state index contributed by atoms with van der Waals surface area (Å²) in [4.78, 5) is 0. The van der Waals surface area contributed by atoms with E-state index in [0.717, 1.165) is 6.42 Å². The Labute approximate surface area is 57.9 Å². The molecule has 0 amide bonds. The van der Waals surface area contributed by atoms with Gasteiger partial charge in [0.15, 0.2) is 0 Å². The third-order valence-electron chi connectivity index (χ3n) is 1.89. The summed E-state index contributed by atoms with van der Waals surface area (Å²) in [5.74, 6) is 0.468. The van der Waals surface area contributed by atoms with Crippen LogP contribution in [0.2, 0.25) is 0 Å². The van der Waals surface area contributed by atoms with Gasteiger partial charge >= 0.3 is 0 Å². The van der Waals surface area contributed by atoms with Gasteiger partial charge in [0.25, 0.3) is 0 Å². The van der Waals surface area contributed by atoms with Crippen LogP contribution >= 0.6 is 0 Å². The van der Waals surface area contributed by atoms with Crippen molar-refractivity contribution in [2.24, 2.45) is 11.7 Å². The Morgan fingerprint density at radius 1 is 1.56 bits per heavy atom. The highest BCUT2D eigenvalue weighted by atomic mass is 14.6. The molecule has 2 atom stereocenters. The van der Waals surface area contributed by atoms with Crippen LogP contribution in [0.25, 0.3) is 0 Å². The molecular weight excluding hydrogens is 110 g/mol. The summed E-state index contributed by atoms with van der Waals surface area (Å²) in [5, 5.41) is 0. The van der Waals surface area contributed by atoms with Crippen LogP contribution in [0, 0.1) is 5.92 Å². The second kappa shape index (κ2) is 3.67. The van der Waals surface area contributed by atoms with Crippen molar-refractivity contribution in [1.82, 2.24) is 0 Å². The van der Waals surface area contributed by atoms with E-state index < -0.39 is 0 Å². The average Bonchev–Trinajstić information content (AvgIpc) is 1.84. The fourth-order valence-corrected chi connectivity index (χ4v) is 0.694. The van der Waals surface area contributed by atoms with Crippen LogP contribution in [0.15, 0.2) is 12.2 Å². The van der Waals surface area contributed by atoms with Gasteiger partial charge in [0.05, 0.1) is 0 Å². The predicted octanol–water partition coefficient (Wildman–Crippen LogP) is 1.94. The van der Waals surface area contributed by atoms with Gasteiger partial charge in [-0.05, 0) is 19.3 Å². The van der Waals surface area contributed by atoms with Crippen molar-refractivity contribution >= 4 is 0 Å². The quantitative estimate of drug-likeness (QED) is 0.576. The molecule has 0 aromatic rings. The highest BCUT2D eigenvalue weighted by molar-refractivity contribution is 5.00. The number of hydrogen-bond donors (Lipinski definition) is 1. The lowest BCUT2D eigenvalue weighted by Crippen LogP contribution is -2.25. The Kier molecular flexibility index (Phi) is 3.55. The maximum atomic E-state index is 5.65. The van der Waals surface area contributed by atoms with E-state index in [1.54, 1.807) is 0 Å². The van der Waals surface area contributed by atoms with E-state index in [9.17, 15) is 0 Å². The van der Waals surface area contributed by atoms with Crippen molar-refractivity contribution in [1.29, 1.82) is 0 Å². The largest absolute Gasteiger partial charge is 0.327 e. The smallest absolute Gasteiger partial charge is 0.00733 e. The Bertz CT molecular complexity index is 94.7. The number of rotatable bonds is 3. The van der Waals surface area contributed by atoms with E-state index in [2.05, 4.69) is 20.4 Å². The molecule has 0 rings (SSSR count). The maximum absolute atomic E-state index is 5.65. The van der Waals surface area contributed by atoms with Crippen molar-refractivity contribution in [3.05, 3.63) is 12.2 Å². The van der Waals surface area contributed by atoms with Crippen LogP contribution in [-0.2, 0) is 0 Å². The molecule has 0 saturated heterocycles. The van der Waals surface area contributed by atoms with E-state index in [0.29, 0.717) is 5.92 Å². The van der Waals surface area contributed by atoms with Gasteiger partial charge in [-0.2, -0.15) is 0 Å². The monoisotopic (exact) mass is 127 g/mol. The summed E-state index contributed by atoms with van der Waals surface area (Å²) in [7, 11) is 0. The Hall–Kier alpha value is -0.300. The van der Waals surface area contributed by atoms with Gasteiger partial charge in [-0.3, -0.25) is 0 Å².